The predicted molar refractivity (Wildman–Crippen MR) is 50.6 cm³/mol. The number of methoxy groups -OCH3 is 1. The van der Waals surface area contributed by atoms with Gasteiger partial charge in [-0.2, -0.15) is 0 Å². The maximum atomic E-state index is 8.70. The molecule has 1 rings (SSSR count). The summed E-state index contributed by atoms with van der Waals surface area (Å²) in [7, 11) is 1.71. The highest BCUT2D eigenvalue weighted by molar-refractivity contribution is 5.04. The summed E-state index contributed by atoms with van der Waals surface area (Å²) >= 11 is 0. The van der Waals surface area contributed by atoms with Crippen LogP contribution in [-0.2, 0) is 9.47 Å². The molecule has 0 aliphatic carbocycles. The van der Waals surface area contributed by atoms with E-state index in [-0.39, 0.29) is 18.3 Å². The van der Waals surface area contributed by atoms with Gasteiger partial charge in [0, 0.05) is 26.6 Å². The molecular formula is C10H18O3. The van der Waals surface area contributed by atoms with Crippen LogP contribution in [0.5, 0.6) is 0 Å². The average Bonchev–Trinajstić information content (AvgIpc) is 2.15. The van der Waals surface area contributed by atoms with E-state index in [0.717, 1.165) is 19.4 Å². The van der Waals surface area contributed by atoms with Crippen molar-refractivity contribution in [3.63, 3.8) is 0 Å². The van der Waals surface area contributed by atoms with Crippen molar-refractivity contribution in [3.8, 4) is 0 Å². The Hall–Kier alpha value is -0.380. The minimum absolute atomic E-state index is 0.0698. The lowest BCUT2D eigenvalue weighted by molar-refractivity contribution is -0.0909. The Kier molecular flexibility index (Phi) is 3.90. The standard InChI is InChI=1S/C10H18O3/c1-9-8-10(12-2,4-3-6-11)5-7-13-9/h3-4,9,11H,5-8H2,1-2H3/b4-3+. The second-order valence-corrected chi connectivity index (χ2v) is 3.49. The summed E-state index contributed by atoms with van der Waals surface area (Å²) in [6, 6.07) is 0. The highest BCUT2D eigenvalue weighted by Crippen LogP contribution is 2.29. The Balaban J connectivity index is 2.61. The molecule has 1 fully saturated rings. The third kappa shape index (κ3) is 2.79. The lowest BCUT2D eigenvalue weighted by Gasteiger charge is -2.36. The van der Waals surface area contributed by atoms with Crippen LogP contribution in [-0.4, -0.2) is 37.1 Å². The van der Waals surface area contributed by atoms with Gasteiger partial charge in [-0.1, -0.05) is 12.2 Å². The highest BCUT2D eigenvalue weighted by atomic mass is 16.5. The summed E-state index contributed by atoms with van der Waals surface area (Å²) in [5.74, 6) is 0. The van der Waals surface area contributed by atoms with Gasteiger partial charge in [0.05, 0.1) is 18.3 Å². The van der Waals surface area contributed by atoms with Gasteiger partial charge in [0.15, 0.2) is 0 Å². The molecule has 0 aromatic carbocycles. The van der Waals surface area contributed by atoms with E-state index in [0.29, 0.717) is 0 Å². The van der Waals surface area contributed by atoms with E-state index < -0.39 is 0 Å². The molecule has 3 heteroatoms. The van der Waals surface area contributed by atoms with E-state index in [4.69, 9.17) is 14.6 Å². The van der Waals surface area contributed by atoms with Crippen LogP contribution >= 0.6 is 0 Å². The first-order chi connectivity index (χ1) is 6.22. The Morgan fingerprint density at radius 2 is 2.46 bits per heavy atom. The zero-order valence-corrected chi connectivity index (χ0v) is 8.32. The third-order valence-corrected chi connectivity index (χ3v) is 2.49. The Bertz CT molecular complexity index is 179. The summed E-state index contributed by atoms with van der Waals surface area (Å²) in [5, 5.41) is 8.70. The van der Waals surface area contributed by atoms with E-state index in [1.165, 1.54) is 0 Å². The van der Waals surface area contributed by atoms with Crippen molar-refractivity contribution in [2.24, 2.45) is 0 Å². The average molecular weight is 186 g/mol. The number of aliphatic hydroxyl groups is 1. The summed E-state index contributed by atoms with van der Waals surface area (Å²) in [4.78, 5) is 0. The smallest absolute Gasteiger partial charge is 0.0906 e. The van der Waals surface area contributed by atoms with E-state index in [2.05, 4.69) is 0 Å². The summed E-state index contributed by atoms with van der Waals surface area (Å²) in [5.41, 5.74) is -0.222. The molecule has 13 heavy (non-hydrogen) atoms. The first-order valence-electron chi connectivity index (χ1n) is 4.68. The minimum atomic E-state index is -0.222. The van der Waals surface area contributed by atoms with Crippen LogP contribution in [0.1, 0.15) is 19.8 Å². The number of hydrogen-bond acceptors (Lipinski definition) is 3. The predicted octanol–water partition coefficient (Wildman–Crippen LogP) is 1.12. The van der Waals surface area contributed by atoms with Crippen molar-refractivity contribution < 1.29 is 14.6 Å². The fourth-order valence-electron chi connectivity index (χ4n) is 1.75. The topological polar surface area (TPSA) is 38.7 Å². The van der Waals surface area contributed by atoms with Crippen LogP contribution in [0.4, 0.5) is 0 Å². The van der Waals surface area contributed by atoms with Gasteiger partial charge in [-0.25, -0.2) is 0 Å². The Morgan fingerprint density at radius 1 is 1.69 bits per heavy atom. The number of hydrogen-bond donors (Lipinski definition) is 1. The van der Waals surface area contributed by atoms with Gasteiger partial charge in [0.2, 0.25) is 0 Å². The van der Waals surface area contributed by atoms with Crippen LogP contribution in [0.25, 0.3) is 0 Å². The molecule has 0 radical (unpaired) electrons. The molecule has 0 saturated carbocycles. The molecule has 0 bridgehead atoms. The Labute approximate surface area is 79.3 Å². The van der Waals surface area contributed by atoms with Gasteiger partial charge >= 0.3 is 0 Å². The van der Waals surface area contributed by atoms with Crippen LogP contribution in [0, 0.1) is 0 Å². The second kappa shape index (κ2) is 4.74. The molecule has 1 saturated heterocycles. The van der Waals surface area contributed by atoms with Gasteiger partial charge in [-0.05, 0) is 6.92 Å². The SMILES string of the molecule is COC1(/C=C/CO)CCOC(C)C1. The third-order valence-electron chi connectivity index (χ3n) is 2.49. The van der Waals surface area contributed by atoms with E-state index >= 15 is 0 Å². The minimum Gasteiger partial charge on any atom is -0.392 e. The Morgan fingerprint density at radius 3 is 3.00 bits per heavy atom. The maximum absolute atomic E-state index is 8.70. The molecule has 0 aromatic rings. The van der Waals surface area contributed by atoms with Crippen molar-refractivity contribution in [1.82, 2.24) is 0 Å². The second-order valence-electron chi connectivity index (χ2n) is 3.49. The molecule has 0 amide bonds. The van der Waals surface area contributed by atoms with Crippen molar-refractivity contribution in [1.29, 1.82) is 0 Å². The molecule has 1 aliphatic rings. The van der Waals surface area contributed by atoms with Crippen molar-refractivity contribution >= 4 is 0 Å². The molecule has 3 nitrogen and oxygen atoms in total. The van der Waals surface area contributed by atoms with E-state index in [1.807, 2.05) is 13.0 Å². The first-order valence-corrected chi connectivity index (χ1v) is 4.68. The zero-order valence-electron chi connectivity index (χ0n) is 8.32. The van der Waals surface area contributed by atoms with Gasteiger partial charge in [0.1, 0.15) is 0 Å². The lowest BCUT2D eigenvalue weighted by Crippen LogP contribution is -2.39. The fraction of sp³-hybridized carbons (Fsp3) is 0.800. The summed E-state index contributed by atoms with van der Waals surface area (Å²) in [6.45, 7) is 2.84. The van der Waals surface area contributed by atoms with Gasteiger partial charge in [-0.3, -0.25) is 0 Å². The van der Waals surface area contributed by atoms with Crippen molar-refractivity contribution in [2.45, 2.75) is 31.5 Å². The monoisotopic (exact) mass is 186 g/mol. The molecule has 1 N–H and O–H groups in total. The number of aliphatic hydroxyl groups excluding tert-OH is 1. The highest BCUT2D eigenvalue weighted by Gasteiger charge is 2.32. The fourth-order valence-corrected chi connectivity index (χ4v) is 1.75. The molecule has 2 atom stereocenters. The molecule has 0 aromatic heterocycles. The lowest BCUT2D eigenvalue weighted by atomic mass is 9.90. The first kappa shape index (κ1) is 10.7. The number of ether oxygens (including phenoxy) is 2. The molecule has 1 aliphatic heterocycles. The van der Waals surface area contributed by atoms with Crippen molar-refractivity contribution in [3.05, 3.63) is 12.2 Å². The normalized spacial score (nSPS) is 35.5. The molecule has 76 valence electrons. The van der Waals surface area contributed by atoms with Gasteiger partial charge in [0.25, 0.3) is 0 Å². The summed E-state index contributed by atoms with van der Waals surface area (Å²) in [6.07, 6.45) is 5.65. The van der Waals surface area contributed by atoms with Crippen molar-refractivity contribution in [2.75, 3.05) is 20.3 Å². The van der Waals surface area contributed by atoms with Crippen LogP contribution < -0.4 is 0 Å². The quantitative estimate of drug-likeness (QED) is 0.671. The van der Waals surface area contributed by atoms with Crippen LogP contribution in [0.3, 0.4) is 0 Å². The molecular weight excluding hydrogens is 168 g/mol. The maximum Gasteiger partial charge on any atom is 0.0906 e. The molecule has 0 spiro atoms. The molecule has 1 heterocycles. The zero-order chi connectivity index (χ0) is 9.73. The van der Waals surface area contributed by atoms with E-state index in [9.17, 15) is 0 Å². The van der Waals surface area contributed by atoms with Crippen LogP contribution in [0.2, 0.25) is 0 Å². The summed E-state index contributed by atoms with van der Waals surface area (Å²) < 4.78 is 10.9. The largest absolute Gasteiger partial charge is 0.392 e. The number of rotatable bonds is 3. The van der Waals surface area contributed by atoms with Gasteiger partial charge in [-0.15, -0.1) is 0 Å². The van der Waals surface area contributed by atoms with Gasteiger partial charge < -0.3 is 14.6 Å². The molecule has 2 unspecified atom stereocenters. The van der Waals surface area contributed by atoms with Crippen LogP contribution in [0.15, 0.2) is 12.2 Å². The van der Waals surface area contributed by atoms with E-state index in [1.54, 1.807) is 13.2 Å².